The molecule has 0 unspecified atom stereocenters. The molecular formula is C23H16F4N4O5S2. The van der Waals surface area contributed by atoms with Crippen molar-refractivity contribution in [3.8, 4) is 22.9 Å². The molecule has 198 valence electrons. The number of carbonyl (C=O) groups is 1. The van der Waals surface area contributed by atoms with Crippen LogP contribution in [0.4, 0.5) is 17.6 Å². The topological polar surface area (TPSA) is 120 Å². The molecule has 0 fully saturated rings. The first kappa shape index (κ1) is 25.8. The summed E-state index contributed by atoms with van der Waals surface area (Å²) in [6, 6.07) is 6.50. The van der Waals surface area contributed by atoms with Crippen molar-refractivity contribution in [2.24, 2.45) is 0 Å². The van der Waals surface area contributed by atoms with Crippen LogP contribution in [-0.4, -0.2) is 47.4 Å². The van der Waals surface area contributed by atoms with Gasteiger partial charge in [-0.05, 0) is 41.9 Å². The van der Waals surface area contributed by atoms with Gasteiger partial charge in [0.25, 0.3) is 5.91 Å². The number of fused-ring (bicyclic) bond motifs is 2. The first-order chi connectivity index (χ1) is 18.1. The van der Waals surface area contributed by atoms with Crippen LogP contribution >= 0.6 is 11.5 Å². The Labute approximate surface area is 216 Å². The Morgan fingerprint density at radius 2 is 2.08 bits per heavy atom. The largest absolute Gasteiger partial charge is 0.489 e. The van der Waals surface area contributed by atoms with Crippen LogP contribution in [0.5, 0.6) is 11.6 Å². The first-order valence-electron chi connectivity index (χ1n) is 10.9. The van der Waals surface area contributed by atoms with E-state index in [1.165, 1.54) is 11.6 Å². The summed E-state index contributed by atoms with van der Waals surface area (Å²) < 4.78 is 92.1. The second-order valence-corrected chi connectivity index (χ2v) is 10.7. The summed E-state index contributed by atoms with van der Waals surface area (Å²) in [6.07, 6.45) is 1.02. The first-order valence-corrected chi connectivity index (χ1v) is 13.3. The predicted octanol–water partition coefficient (Wildman–Crippen LogP) is 4.28. The fourth-order valence-electron chi connectivity index (χ4n) is 3.74. The predicted molar refractivity (Wildman–Crippen MR) is 127 cm³/mol. The van der Waals surface area contributed by atoms with E-state index in [4.69, 9.17) is 4.74 Å². The highest BCUT2D eigenvalue weighted by Gasteiger charge is 2.35. The van der Waals surface area contributed by atoms with Gasteiger partial charge in [0.15, 0.2) is 11.6 Å². The lowest BCUT2D eigenvalue weighted by Gasteiger charge is -2.12. The lowest BCUT2D eigenvalue weighted by molar-refractivity contribution is -0.0518. The summed E-state index contributed by atoms with van der Waals surface area (Å²) in [5.41, 5.74) is -1.24. The number of hydrogen-bond donors (Lipinski definition) is 1. The van der Waals surface area contributed by atoms with Gasteiger partial charge in [-0.2, -0.15) is 13.2 Å². The van der Waals surface area contributed by atoms with E-state index in [1.54, 1.807) is 18.2 Å². The van der Waals surface area contributed by atoms with Crippen molar-refractivity contribution in [1.82, 2.24) is 19.7 Å². The summed E-state index contributed by atoms with van der Waals surface area (Å²) in [7, 11) is -4.55. The van der Waals surface area contributed by atoms with Crippen molar-refractivity contribution in [3.05, 3.63) is 59.0 Å². The summed E-state index contributed by atoms with van der Waals surface area (Å²) in [6.45, 7) is -3.52. The molecule has 1 amide bonds. The highest BCUT2D eigenvalue weighted by molar-refractivity contribution is 7.92. The van der Waals surface area contributed by atoms with Gasteiger partial charge in [0.2, 0.25) is 21.2 Å². The molecule has 38 heavy (non-hydrogen) atoms. The van der Waals surface area contributed by atoms with Gasteiger partial charge >= 0.3 is 6.61 Å². The fraction of sp³-hybridized carbons (Fsp3) is 0.217. The molecule has 9 nitrogen and oxygen atoms in total. The zero-order chi connectivity index (χ0) is 27.0. The number of halogens is 4. The summed E-state index contributed by atoms with van der Waals surface area (Å²) >= 11 is 0.930. The molecule has 4 aromatic rings. The third kappa shape index (κ3) is 4.98. The van der Waals surface area contributed by atoms with E-state index in [-0.39, 0.29) is 30.2 Å². The lowest BCUT2D eigenvalue weighted by atomic mass is 10.1. The van der Waals surface area contributed by atoms with Crippen LogP contribution in [0.2, 0.25) is 0 Å². The molecule has 15 heteroatoms. The number of pyridine rings is 2. The molecule has 1 atom stereocenters. The lowest BCUT2D eigenvalue weighted by Crippen LogP contribution is -2.24. The van der Waals surface area contributed by atoms with Crippen molar-refractivity contribution in [2.75, 3.05) is 6.61 Å². The van der Waals surface area contributed by atoms with Crippen molar-refractivity contribution in [1.29, 1.82) is 0 Å². The minimum absolute atomic E-state index is 0.145. The number of nitrogens with zero attached hydrogens (tertiary/aromatic N) is 3. The van der Waals surface area contributed by atoms with Gasteiger partial charge in [-0.25, -0.2) is 22.2 Å². The minimum atomic E-state index is -4.55. The molecule has 0 bridgehead atoms. The number of alkyl halides is 3. The third-order valence-corrected chi connectivity index (χ3v) is 8.02. The second kappa shape index (κ2) is 10.1. The van der Waals surface area contributed by atoms with Gasteiger partial charge < -0.3 is 14.8 Å². The number of sulfone groups is 1. The van der Waals surface area contributed by atoms with Crippen molar-refractivity contribution < 1.29 is 40.2 Å². The summed E-state index contributed by atoms with van der Waals surface area (Å²) in [5, 5.41) is 4.65. The number of nitrogens with one attached hydrogen (secondary N) is 1. The minimum Gasteiger partial charge on any atom is -0.489 e. The van der Waals surface area contributed by atoms with Crippen LogP contribution in [-0.2, 0) is 16.4 Å². The Balaban J connectivity index is 1.37. The zero-order valence-corrected chi connectivity index (χ0v) is 20.7. The molecule has 0 aliphatic carbocycles. The van der Waals surface area contributed by atoms with Crippen LogP contribution in [0.1, 0.15) is 22.5 Å². The van der Waals surface area contributed by atoms with Crippen molar-refractivity contribution >= 4 is 38.2 Å². The van der Waals surface area contributed by atoms with Crippen LogP contribution < -0.4 is 14.8 Å². The summed E-state index contributed by atoms with van der Waals surface area (Å²) in [4.78, 5) is 20.6. The van der Waals surface area contributed by atoms with E-state index in [1.807, 2.05) is 0 Å². The van der Waals surface area contributed by atoms with Gasteiger partial charge in [-0.15, -0.1) is 0 Å². The maximum absolute atomic E-state index is 14.6. The Bertz CT molecular complexity index is 1650. The number of amides is 1. The Morgan fingerprint density at radius 3 is 2.87 bits per heavy atom. The molecular weight excluding hydrogens is 552 g/mol. The molecule has 0 saturated heterocycles. The molecule has 1 N–H and O–H groups in total. The summed E-state index contributed by atoms with van der Waals surface area (Å²) in [5.74, 6) is -2.81. The smallest absolute Gasteiger partial charge is 0.388 e. The number of hydrogen-bond acceptors (Lipinski definition) is 9. The normalized spacial score (nSPS) is 16.5. The van der Waals surface area contributed by atoms with E-state index in [9.17, 15) is 30.8 Å². The Hall–Kier alpha value is -3.85. The maximum Gasteiger partial charge on any atom is 0.388 e. The highest BCUT2D eigenvalue weighted by Crippen LogP contribution is 2.35. The van der Waals surface area contributed by atoms with Gasteiger partial charge in [0.05, 0.1) is 35.6 Å². The van der Waals surface area contributed by atoms with Crippen LogP contribution in [0.25, 0.3) is 22.2 Å². The van der Waals surface area contributed by atoms with Crippen LogP contribution in [0, 0.1) is 5.82 Å². The second-order valence-electron chi connectivity index (χ2n) is 8.04. The molecule has 0 saturated carbocycles. The highest BCUT2D eigenvalue weighted by atomic mass is 32.2. The van der Waals surface area contributed by atoms with Gasteiger partial charge in [-0.1, -0.05) is 0 Å². The average Bonchev–Trinajstić information content (AvgIpc) is 3.30. The van der Waals surface area contributed by atoms with Crippen LogP contribution in [0.15, 0.2) is 46.8 Å². The zero-order valence-electron chi connectivity index (χ0n) is 19.0. The molecule has 1 aliphatic heterocycles. The molecule has 1 aromatic carbocycles. The standard InChI is InChI=1S/C23H16F4N4O5S2/c24-15-5-12(6-18-20(15)35-4-3-19(25)38(18,33)34)21(32)29-9-13-7-17-11(8-28-13)1-2-16(30-17)14-10-37-31-22(14)36-23(26)27/h1-2,5-8,10,19,23H,3-4,9H2,(H,29,32)/t19-/m1/s1. The van der Waals surface area contributed by atoms with E-state index in [0.717, 1.165) is 23.7 Å². The van der Waals surface area contributed by atoms with E-state index >= 15 is 0 Å². The average molecular weight is 569 g/mol. The molecule has 4 heterocycles. The fourth-order valence-corrected chi connectivity index (χ4v) is 5.75. The number of rotatable bonds is 6. The molecule has 3 aromatic heterocycles. The maximum atomic E-state index is 14.6. The number of benzene rings is 1. The van der Waals surface area contributed by atoms with Gasteiger partial charge in [-0.3, -0.25) is 9.78 Å². The van der Waals surface area contributed by atoms with E-state index in [2.05, 4.69) is 24.4 Å². The van der Waals surface area contributed by atoms with Crippen molar-refractivity contribution in [2.45, 2.75) is 30.0 Å². The molecule has 0 radical (unpaired) electrons. The Kier molecular flexibility index (Phi) is 6.88. The van der Waals surface area contributed by atoms with E-state index in [0.29, 0.717) is 22.3 Å². The molecule has 5 rings (SSSR count). The van der Waals surface area contributed by atoms with Gasteiger partial charge in [0.1, 0.15) is 4.90 Å². The molecule has 1 aliphatic rings. The monoisotopic (exact) mass is 568 g/mol. The van der Waals surface area contributed by atoms with Gasteiger partial charge in [0, 0.05) is 28.9 Å². The van der Waals surface area contributed by atoms with E-state index < -0.39 is 50.7 Å². The number of carbonyl (C=O) groups excluding carboxylic acids is 1. The number of ether oxygens (including phenoxy) is 2. The third-order valence-electron chi connectivity index (χ3n) is 5.58. The molecule has 0 spiro atoms. The Morgan fingerprint density at radius 1 is 1.26 bits per heavy atom. The number of aromatic nitrogens is 3. The quantitative estimate of drug-likeness (QED) is 0.343. The SMILES string of the molecule is O=C(NCc1cc2nc(-c3csnc3OC(F)F)ccc2cn1)c1cc(F)c2c(c1)S(=O)(=O)[C@@H](F)CCO2. The van der Waals surface area contributed by atoms with Crippen molar-refractivity contribution in [3.63, 3.8) is 0 Å². The van der Waals surface area contributed by atoms with Crippen LogP contribution in [0.3, 0.4) is 0 Å².